The van der Waals surface area contributed by atoms with Gasteiger partial charge in [-0.1, -0.05) is 41.5 Å². The Morgan fingerprint density at radius 1 is 1.03 bits per heavy atom. The van der Waals surface area contributed by atoms with Gasteiger partial charge in [0.05, 0.1) is 29.9 Å². The molecule has 3 heterocycles. The number of β-lactam (4-membered cyclic amide) rings is 1. The van der Waals surface area contributed by atoms with E-state index in [0.717, 1.165) is 17.9 Å². The van der Waals surface area contributed by atoms with Gasteiger partial charge in [0, 0.05) is 17.9 Å². The van der Waals surface area contributed by atoms with Crippen LogP contribution in [0, 0.1) is 5.92 Å². The third-order valence-electron chi connectivity index (χ3n) is 8.31. The van der Waals surface area contributed by atoms with Crippen molar-refractivity contribution in [2.75, 3.05) is 11.5 Å². The molecule has 2 saturated heterocycles. The first-order valence-electron chi connectivity index (χ1n) is 11.5. The average Bonchev–Trinajstić information content (AvgIpc) is 3.00. The second-order valence-corrected chi connectivity index (χ2v) is 23.0. The zero-order valence-corrected chi connectivity index (χ0v) is 23.8. The summed E-state index contributed by atoms with van der Waals surface area (Å²) in [5, 5.41) is 0.318. The van der Waals surface area contributed by atoms with Gasteiger partial charge < -0.3 is 13.8 Å². The van der Waals surface area contributed by atoms with E-state index in [9.17, 15) is 4.79 Å². The predicted molar refractivity (Wildman–Crippen MR) is 133 cm³/mol. The standard InChI is InChI=1S/C23H43NO3SSi2/c1-15(26-29(8,9)22(2,3)4)20-17-12-19(27-30(10,11)23(5,6)7)16-13-28-14-18(16)24(17)21(20)25/h15,17-18,20H,12-14H2,1-11H3/t15-,17-,18?,20-/m1/s1. The first kappa shape index (κ1) is 24.4. The van der Waals surface area contributed by atoms with Gasteiger partial charge in [-0.05, 0) is 48.8 Å². The van der Waals surface area contributed by atoms with Gasteiger partial charge in [-0.2, -0.15) is 11.8 Å². The lowest BCUT2D eigenvalue weighted by atomic mass is 9.76. The zero-order valence-electron chi connectivity index (χ0n) is 21.0. The van der Waals surface area contributed by atoms with Crippen LogP contribution in [0.3, 0.4) is 0 Å². The average molecular weight is 470 g/mol. The highest BCUT2D eigenvalue weighted by Gasteiger charge is 2.58. The first-order chi connectivity index (χ1) is 13.5. The van der Waals surface area contributed by atoms with E-state index in [4.69, 9.17) is 8.85 Å². The molecule has 1 amide bonds. The van der Waals surface area contributed by atoms with Crippen molar-refractivity contribution in [3.05, 3.63) is 11.3 Å². The van der Waals surface area contributed by atoms with Crippen LogP contribution in [0.4, 0.5) is 0 Å². The number of thioether (sulfide) groups is 1. The molecule has 3 rings (SSSR count). The Hall–Kier alpha value is -0.246. The van der Waals surface area contributed by atoms with Crippen LogP contribution in [0.2, 0.25) is 36.3 Å². The largest absolute Gasteiger partial charge is 0.546 e. The lowest BCUT2D eigenvalue weighted by Gasteiger charge is -2.56. The van der Waals surface area contributed by atoms with Gasteiger partial charge in [-0.25, -0.2) is 0 Å². The van der Waals surface area contributed by atoms with Crippen molar-refractivity contribution < 1.29 is 13.6 Å². The fourth-order valence-electron chi connectivity index (χ4n) is 4.31. The second kappa shape index (κ2) is 7.67. The van der Waals surface area contributed by atoms with E-state index in [-0.39, 0.29) is 34.2 Å². The number of nitrogens with zero attached hydrogens (tertiary/aromatic N) is 1. The summed E-state index contributed by atoms with van der Waals surface area (Å²) in [7, 11) is -3.82. The smallest absolute Gasteiger partial charge is 0.250 e. The molecule has 7 heteroatoms. The van der Waals surface area contributed by atoms with Crippen molar-refractivity contribution in [3.63, 3.8) is 0 Å². The van der Waals surface area contributed by atoms with Crippen molar-refractivity contribution in [2.45, 2.75) is 109 Å². The molecule has 0 aliphatic carbocycles. The summed E-state index contributed by atoms with van der Waals surface area (Å²) in [6.07, 6.45) is 0.824. The maximum absolute atomic E-state index is 13.3. The van der Waals surface area contributed by atoms with Crippen LogP contribution >= 0.6 is 11.8 Å². The van der Waals surface area contributed by atoms with E-state index in [2.05, 4.69) is 79.6 Å². The van der Waals surface area contributed by atoms with Gasteiger partial charge in [0.2, 0.25) is 14.2 Å². The molecule has 4 nitrogen and oxygen atoms in total. The Balaban J connectivity index is 1.83. The maximum atomic E-state index is 13.3. The predicted octanol–water partition coefficient (Wildman–Crippen LogP) is 6.02. The van der Waals surface area contributed by atoms with Gasteiger partial charge in [-0.3, -0.25) is 4.79 Å². The third-order valence-corrected chi connectivity index (χ3v) is 18.3. The maximum Gasteiger partial charge on any atom is 0.250 e. The van der Waals surface area contributed by atoms with E-state index in [1.807, 2.05) is 11.8 Å². The number of carbonyl (C=O) groups is 1. The zero-order chi connectivity index (χ0) is 22.9. The van der Waals surface area contributed by atoms with Gasteiger partial charge in [0.15, 0.2) is 8.32 Å². The Morgan fingerprint density at radius 3 is 2.13 bits per heavy atom. The summed E-state index contributed by atoms with van der Waals surface area (Å²) >= 11 is 1.94. The summed E-state index contributed by atoms with van der Waals surface area (Å²) < 4.78 is 13.5. The summed E-state index contributed by atoms with van der Waals surface area (Å²) in [5.41, 5.74) is 1.38. The van der Waals surface area contributed by atoms with E-state index in [1.54, 1.807) is 0 Å². The first-order valence-corrected chi connectivity index (χ1v) is 18.4. The lowest BCUT2D eigenvalue weighted by molar-refractivity contribution is -0.167. The summed E-state index contributed by atoms with van der Waals surface area (Å²) in [5.74, 6) is 3.47. The van der Waals surface area contributed by atoms with E-state index in [0.29, 0.717) is 5.91 Å². The van der Waals surface area contributed by atoms with E-state index in [1.165, 1.54) is 11.3 Å². The van der Waals surface area contributed by atoms with Crippen LogP contribution in [0.5, 0.6) is 0 Å². The molecule has 4 atom stereocenters. The second-order valence-electron chi connectivity index (χ2n) is 12.5. The highest BCUT2D eigenvalue weighted by molar-refractivity contribution is 7.99. The fourth-order valence-corrected chi connectivity index (χ4v) is 8.15. The van der Waals surface area contributed by atoms with Crippen molar-refractivity contribution >= 4 is 34.3 Å². The molecule has 0 aromatic carbocycles. The Morgan fingerprint density at radius 2 is 1.60 bits per heavy atom. The number of hydrogen-bond donors (Lipinski definition) is 0. The minimum Gasteiger partial charge on any atom is -0.546 e. The van der Waals surface area contributed by atoms with Crippen molar-refractivity contribution in [2.24, 2.45) is 5.92 Å². The van der Waals surface area contributed by atoms with Gasteiger partial charge in [-0.15, -0.1) is 0 Å². The third kappa shape index (κ3) is 4.08. The minimum absolute atomic E-state index is 0.0376. The van der Waals surface area contributed by atoms with Crippen LogP contribution < -0.4 is 0 Å². The van der Waals surface area contributed by atoms with Crippen molar-refractivity contribution in [3.8, 4) is 0 Å². The van der Waals surface area contributed by atoms with Crippen LogP contribution in [0.1, 0.15) is 54.9 Å². The van der Waals surface area contributed by atoms with Gasteiger partial charge in [0.25, 0.3) is 0 Å². The molecule has 3 aliphatic heterocycles. The molecule has 0 spiro atoms. The molecule has 0 radical (unpaired) electrons. The molecule has 2 fully saturated rings. The topological polar surface area (TPSA) is 38.8 Å². The van der Waals surface area contributed by atoms with Crippen LogP contribution in [-0.4, -0.2) is 57.1 Å². The lowest BCUT2D eigenvalue weighted by Crippen LogP contribution is -2.70. The normalized spacial score (nSPS) is 28.8. The van der Waals surface area contributed by atoms with Gasteiger partial charge >= 0.3 is 0 Å². The fraction of sp³-hybridized carbons (Fsp3) is 0.870. The van der Waals surface area contributed by atoms with Crippen molar-refractivity contribution in [1.29, 1.82) is 0 Å². The molecule has 1 unspecified atom stereocenters. The molecule has 0 saturated carbocycles. The monoisotopic (exact) mass is 469 g/mol. The summed E-state index contributed by atoms with van der Waals surface area (Å²) in [4.78, 5) is 15.4. The molecular formula is C23H43NO3SSi2. The van der Waals surface area contributed by atoms with E-state index >= 15 is 0 Å². The molecule has 30 heavy (non-hydrogen) atoms. The molecule has 0 aromatic heterocycles. The number of amides is 1. The minimum atomic E-state index is -1.92. The van der Waals surface area contributed by atoms with Crippen LogP contribution in [0.25, 0.3) is 0 Å². The van der Waals surface area contributed by atoms with E-state index < -0.39 is 16.6 Å². The Labute approximate surface area is 190 Å². The molecule has 0 bridgehead atoms. The molecule has 0 N–H and O–H groups in total. The Kier molecular flexibility index (Phi) is 6.23. The van der Waals surface area contributed by atoms with Gasteiger partial charge in [0.1, 0.15) is 0 Å². The SMILES string of the molecule is C[C@@H](O[Si](C)(C)C(C)(C)C)[C@H]1C(=O)N2C3CSCC3=C(O[Si](C)(C)C(C)(C)C)C[C@H]12. The van der Waals surface area contributed by atoms with Crippen LogP contribution in [-0.2, 0) is 13.6 Å². The summed E-state index contributed by atoms with van der Waals surface area (Å²) in [6, 6.07) is 0.460. The van der Waals surface area contributed by atoms with Crippen molar-refractivity contribution in [1.82, 2.24) is 4.90 Å². The number of fused-ring (bicyclic) bond motifs is 3. The quantitative estimate of drug-likeness (QED) is 0.364. The molecule has 3 aliphatic rings. The highest BCUT2D eigenvalue weighted by Crippen LogP contribution is 2.50. The van der Waals surface area contributed by atoms with Crippen LogP contribution in [0.15, 0.2) is 11.3 Å². The molecule has 172 valence electrons. The Bertz CT molecular complexity index is 736. The highest BCUT2D eigenvalue weighted by atomic mass is 32.2. The number of rotatable bonds is 5. The molecule has 0 aromatic rings. The molecular weight excluding hydrogens is 426 g/mol. The number of hydrogen-bond acceptors (Lipinski definition) is 4. The summed E-state index contributed by atoms with van der Waals surface area (Å²) in [6.45, 7) is 25.0. The number of carbonyl (C=O) groups excluding carboxylic acids is 1.